The van der Waals surface area contributed by atoms with Gasteiger partial charge in [-0.15, -0.1) is 0 Å². The summed E-state index contributed by atoms with van der Waals surface area (Å²) in [7, 11) is 0. The predicted octanol–water partition coefficient (Wildman–Crippen LogP) is 3.23. The number of amides is 2. The van der Waals surface area contributed by atoms with Crippen LogP contribution in [0.2, 0.25) is 0 Å². The van der Waals surface area contributed by atoms with Crippen molar-refractivity contribution in [3.63, 3.8) is 0 Å². The Morgan fingerprint density at radius 3 is 2.41 bits per heavy atom. The quantitative estimate of drug-likeness (QED) is 0.866. The molecule has 7 heteroatoms. The van der Waals surface area contributed by atoms with Crippen LogP contribution in [-0.2, 0) is 4.79 Å². The van der Waals surface area contributed by atoms with Crippen molar-refractivity contribution in [2.75, 3.05) is 28.6 Å². The monoisotopic (exact) mass is 367 g/mol. The normalized spacial score (nSPS) is 16.7. The number of nitrogens with zero attached hydrogens (tertiary/aromatic N) is 3. The van der Waals surface area contributed by atoms with Gasteiger partial charge in [0.05, 0.1) is 0 Å². The molecule has 0 saturated carbocycles. The van der Waals surface area contributed by atoms with Crippen molar-refractivity contribution >= 4 is 29.0 Å². The summed E-state index contributed by atoms with van der Waals surface area (Å²) < 4.78 is 0. The van der Waals surface area contributed by atoms with Gasteiger partial charge in [0.15, 0.2) is 0 Å². The van der Waals surface area contributed by atoms with Crippen LogP contribution >= 0.6 is 0 Å². The van der Waals surface area contributed by atoms with Crippen molar-refractivity contribution in [2.45, 2.75) is 33.6 Å². The summed E-state index contributed by atoms with van der Waals surface area (Å²) in [6, 6.07) is 8.71. The van der Waals surface area contributed by atoms with E-state index in [-0.39, 0.29) is 11.8 Å². The number of benzene rings is 1. The van der Waals surface area contributed by atoms with Crippen LogP contribution in [0, 0.1) is 12.8 Å². The first-order valence-corrected chi connectivity index (χ1v) is 9.20. The molecule has 27 heavy (non-hydrogen) atoms. The highest BCUT2D eigenvalue weighted by Gasteiger charge is 2.20. The smallest absolute Gasteiger partial charge is 0.274 e. The molecule has 0 bridgehead atoms. The van der Waals surface area contributed by atoms with E-state index in [2.05, 4.69) is 32.4 Å². The van der Waals surface area contributed by atoms with Crippen molar-refractivity contribution in [1.82, 2.24) is 9.97 Å². The lowest BCUT2D eigenvalue weighted by molar-refractivity contribution is -0.114. The van der Waals surface area contributed by atoms with Crippen molar-refractivity contribution in [3.05, 3.63) is 41.9 Å². The first-order valence-electron chi connectivity index (χ1n) is 9.20. The van der Waals surface area contributed by atoms with Crippen molar-refractivity contribution in [1.29, 1.82) is 0 Å². The van der Waals surface area contributed by atoms with Gasteiger partial charge in [0.25, 0.3) is 5.91 Å². The second-order valence-electron chi connectivity index (χ2n) is 7.06. The summed E-state index contributed by atoms with van der Waals surface area (Å²) in [4.78, 5) is 34.7. The number of carbonyl (C=O) groups is 2. The average molecular weight is 367 g/mol. The van der Waals surface area contributed by atoms with E-state index in [1.54, 1.807) is 37.3 Å². The molecule has 2 aromatic rings. The number of piperidine rings is 1. The Morgan fingerprint density at radius 2 is 1.78 bits per heavy atom. The van der Waals surface area contributed by atoms with Crippen LogP contribution < -0.4 is 15.5 Å². The van der Waals surface area contributed by atoms with E-state index in [1.165, 1.54) is 13.3 Å². The number of rotatable bonds is 4. The summed E-state index contributed by atoms with van der Waals surface area (Å²) in [5.74, 6) is 1.59. The van der Waals surface area contributed by atoms with Crippen LogP contribution in [0.1, 0.15) is 43.0 Å². The molecule has 7 nitrogen and oxygen atoms in total. The first kappa shape index (κ1) is 18.8. The topological polar surface area (TPSA) is 87.2 Å². The minimum absolute atomic E-state index is 0.136. The van der Waals surface area contributed by atoms with Gasteiger partial charge in [0, 0.05) is 37.5 Å². The van der Waals surface area contributed by atoms with Gasteiger partial charge in [0.2, 0.25) is 5.91 Å². The molecule has 1 aromatic heterocycles. The van der Waals surface area contributed by atoms with E-state index in [9.17, 15) is 9.59 Å². The van der Waals surface area contributed by atoms with Crippen molar-refractivity contribution in [3.8, 4) is 0 Å². The zero-order valence-corrected chi connectivity index (χ0v) is 16.0. The van der Waals surface area contributed by atoms with Gasteiger partial charge in [-0.1, -0.05) is 6.92 Å². The molecule has 1 aromatic carbocycles. The highest BCUT2D eigenvalue weighted by molar-refractivity contribution is 6.03. The molecule has 3 rings (SSSR count). The summed E-state index contributed by atoms with van der Waals surface area (Å²) >= 11 is 0. The Morgan fingerprint density at radius 1 is 1.11 bits per heavy atom. The van der Waals surface area contributed by atoms with E-state index in [0.29, 0.717) is 28.8 Å². The van der Waals surface area contributed by atoms with Gasteiger partial charge in [-0.25, -0.2) is 9.97 Å². The molecule has 2 heterocycles. The number of aromatic nitrogens is 2. The Kier molecular flexibility index (Phi) is 5.69. The Bertz CT molecular complexity index is 835. The number of nitrogens with one attached hydrogen (secondary N) is 2. The Balaban J connectivity index is 1.73. The number of hydrogen-bond donors (Lipinski definition) is 2. The highest BCUT2D eigenvalue weighted by atomic mass is 16.2. The standard InChI is InChI=1S/C20H25N5O2/c1-13-5-4-10-25(12-13)19-11-18(21-14(2)22-19)20(27)24-17-8-6-16(7-9-17)23-15(3)26/h6-9,11,13H,4-5,10,12H2,1-3H3,(H,23,26)(H,24,27). The molecule has 2 amide bonds. The second-order valence-corrected chi connectivity index (χ2v) is 7.06. The molecule has 1 aliphatic rings. The summed E-state index contributed by atoms with van der Waals surface area (Å²) in [6.07, 6.45) is 2.36. The molecule has 2 N–H and O–H groups in total. The second kappa shape index (κ2) is 8.16. The lowest BCUT2D eigenvalue weighted by Crippen LogP contribution is -2.35. The third-order valence-electron chi connectivity index (χ3n) is 4.50. The average Bonchev–Trinajstić information content (AvgIpc) is 2.62. The first-order chi connectivity index (χ1) is 12.9. The van der Waals surface area contributed by atoms with Crippen LogP contribution in [0.4, 0.5) is 17.2 Å². The maximum atomic E-state index is 12.6. The predicted molar refractivity (Wildman–Crippen MR) is 106 cm³/mol. The van der Waals surface area contributed by atoms with Crippen LogP contribution in [0.25, 0.3) is 0 Å². The number of hydrogen-bond acceptors (Lipinski definition) is 5. The van der Waals surface area contributed by atoms with Gasteiger partial charge < -0.3 is 15.5 Å². The zero-order chi connectivity index (χ0) is 19.4. The van der Waals surface area contributed by atoms with E-state index >= 15 is 0 Å². The van der Waals surface area contributed by atoms with Crippen LogP contribution in [0.3, 0.4) is 0 Å². The molecule has 1 atom stereocenters. The van der Waals surface area contributed by atoms with E-state index in [4.69, 9.17) is 0 Å². The maximum Gasteiger partial charge on any atom is 0.274 e. The largest absolute Gasteiger partial charge is 0.356 e. The molecule has 142 valence electrons. The fourth-order valence-corrected chi connectivity index (χ4v) is 3.26. The summed E-state index contributed by atoms with van der Waals surface area (Å²) in [5.41, 5.74) is 1.67. The van der Waals surface area contributed by atoms with Gasteiger partial charge in [0.1, 0.15) is 17.3 Å². The molecule has 0 spiro atoms. The van der Waals surface area contributed by atoms with Gasteiger partial charge >= 0.3 is 0 Å². The molecule has 1 fully saturated rings. The number of carbonyl (C=O) groups excluding carboxylic acids is 2. The van der Waals surface area contributed by atoms with E-state index < -0.39 is 0 Å². The SMILES string of the molecule is CC(=O)Nc1ccc(NC(=O)c2cc(N3CCCC(C)C3)nc(C)n2)cc1. The van der Waals surface area contributed by atoms with Crippen molar-refractivity contribution in [2.24, 2.45) is 5.92 Å². The fourth-order valence-electron chi connectivity index (χ4n) is 3.26. The Hall–Kier alpha value is -2.96. The highest BCUT2D eigenvalue weighted by Crippen LogP contribution is 2.22. The third kappa shape index (κ3) is 5.03. The minimum atomic E-state index is -0.279. The lowest BCUT2D eigenvalue weighted by Gasteiger charge is -2.32. The molecule has 1 aliphatic heterocycles. The number of anilines is 3. The minimum Gasteiger partial charge on any atom is -0.356 e. The molecule has 1 unspecified atom stereocenters. The summed E-state index contributed by atoms with van der Waals surface area (Å²) in [6.45, 7) is 7.39. The van der Waals surface area contributed by atoms with Gasteiger partial charge in [-0.2, -0.15) is 0 Å². The number of aryl methyl sites for hydroxylation is 1. The molecular formula is C20H25N5O2. The molecular weight excluding hydrogens is 342 g/mol. The van der Waals surface area contributed by atoms with Crippen LogP contribution in [0.15, 0.2) is 30.3 Å². The molecule has 0 radical (unpaired) electrons. The Labute approximate surface area is 159 Å². The van der Waals surface area contributed by atoms with Crippen molar-refractivity contribution < 1.29 is 9.59 Å². The summed E-state index contributed by atoms with van der Waals surface area (Å²) in [5, 5.41) is 5.54. The van der Waals surface area contributed by atoms with Crippen LogP contribution in [0.5, 0.6) is 0 Å². The van der Waals surface area contributed by atoms with E-state index in [0.717, 1.165) is 25.3 Å². The molecule has 0 aliphatic carbocycles. The zero-order valence-electron chi connectivity index (χ0n) is 16.0. The van der Waals surface area contributed by atoms with Gasteiger partial charge in [-0.05, 0) is 49.9 Å². The fraction of sp³-hybridized carbons (Fsp3) is 0.400. The third-order valence-corrected chi connectivity index (χ3v) is 4.50. The van der Waals surface area contributed by atoms with E-state index in [1.807, 2.05) is 0 Å². The maximum absolute atomic E-state index is 12.6. The molecule has 1 saturated heterocycles. The van der Waals surface area contributed by atoms with Gasteiger partial charge in [-0.3, -0.25) is 9.59 Å². The lowest BCUT2D eigenvalue weighted by atomic mass is 10.0. The van der Waals surface area contributed by atoms with Crippen LogP contribution in [-0.4, -0.2) is 34.9 Å².